The van der Waals surface area contributed by atoms with E-state index in [1.54, 1.807) is 7.11 Å². The summed E-state index contributed by atoms with van der Waals surface area (Å²) in [5.74, 6) is 0.875. The summed E-state index contributed by atoms with van der Waals surface area (Å²) >= 11 is 0. The summed E-state index contributed by atoms with van der Waals surface area (Å²) in [6.45, 7) is 9.66. The molecule has 3 rings (SSSR count). The fraction of sp³-hybridized carbons (Fsp3) is 0.273. The lowest BCUT2D eigenvalue weighted by atomic mass is 9.86. The Balaban J connectivity index is 2.17. The smallest absolute Gasteiger partial charge is 0.126 e. The van der Waals surface area contributed by atoms with Gasteiger partial charge in [-0.25, -0.2) is 0 Å². The van der Waals surface area contributed by atoms with Gasteiger partial charge in [0.2, 0.25) is 0 Å². The number of fused-ring (bicyclic) bond motifs is 1. The Morgan fingerprint density at radius 2 is 1.92 bits per heavy atom. The highest BCUT2D eigenvalue weighted by Gasteiger charge is 2.31. The zero-order chi connectivity index (χ0) is 18.0. The molecule has 1 heterocycles. The zero-order valence-electron chi connectivity index (χ0n) is 15.3. The molecule has 0 aliphatic carbocycles. The summed E-state index contributed by atoms with van der Waals surface area (Å²) in [6.07, 6.45) is 4.21. The maximum absolute atomic E-state index is 6.07. The fourth-order valence-electron chi connectivity index (χ4n) is 3.60. The number of benzene rings is 2. The molecule has 0 aromatic heterocycles. The maximum atomic E-state index is 6.07. The van der Waals surface area contributed by atoms with Crippen molar-refractivity contribution in [2.45, 2.75) is 19.4 Å². The van der Waals surface area contributed by atoms with Crippen molar-refractivity contribution in [3.63, 3.8) is 0 Å². The van der Waals surface area contributed by atoms with Crippen LogP contribution in [0.1, 0.15) is 19.4 Å². The van der Waals surface area contributed by atoms with E-state index in [2.05, 4.69) is 55.7 Å². The lowest BCUT2D eigenvalue weighted by Gasteiger charge is -2.43. The number of hydrogen-bond acceptors (Lipinski definition) is 3. The number of methoxy groups -OCH3 is 1. The Kier molecular flexibility index (Phi) is 4.69. The number of ether oxygens (including phenoxy) is 1. The maximum Gasteiger partial charge on any atom is 0.126 e. The van der Waals surface area contributed by atoms with Crippen molar-refractivity contribution in [2.24, 2.45) is 5.73 Å². The van der Waals surface area contributed by atoms with Gasteiger partial charge in [0.15, 0.2) is 0 Å². The van der Waals surface area contributed by atoms with Crippen molar-refractivity contribution in [3.8, 4) is 16.9 Å². The van der Waals surface area contributed by atoms with Crippen LogP contribution in [0.15, 0.2) is 61.2 Å². The predicted octanol–water partition coefficient (Wildman–Crippen LogP) is 4.49. The van der Waals surface area contributed by atoms with Crippen molar-refractivity contribution in [3.05, 3.63) is 66.8 Å². The van der Waals surface area contributed by atoms with E-state index in [4.69, 9.17) is 10.5 Å². The molecule has 0 saturated carbocycles. The normalized spacial score (nSPS) is 15.4. The van der Waals surface area contributed by atoms with E-state index in [0.29, 0.717) is 6.54 Å². The molecule has 0 fully saturated rings. The van der Waals surface area contributed by atoms with E-state index in [0.717, 1.165) is 23.4 Å². The van der Waals surface area contributed by atoms with Gasteiger partial charge in [0.25, 0.3) is 0 Å². The fourth-order valence-corrected chi connectivity index (χ4v) is 3.60. The second-order valence-electron chi connectivity index (χ2n) is 6.86. The molecule has 3 nitrogen and oxygen atoms in total. The van der Waals surface area contributed by atoms with Crippen molar-refractivity contribution in [1.82, 2.24) is 0 Å². The van der Waals surface area contributed by atoms with Gasteiger partial charge < -0.3 is 15.4 Å². The molecule has 2 aromatic carbocycles. The summed E-state index contributed by atoms with van der Waals surface area (Å²) in [5, 5.41) is 0. The first-order chi connectivity index (χ1) is 12.0. The molecule has 0 bridgehead atoms. The third kappa shape index (κ3) is 3.08. The molecule has 1 aliphatic heterocycles. The molecule has 3 heteroatoms. The van der Waals surface area contributed by atoms with E-state index < -0.39 is 0 Å². The molecule has 2 aromatic rings. The monoisotopic (exact) mass is 334 g/mol. The van der Waals surface area contributed by atoms with Gasteiger partial charge in [-0.15, -0.1) is 6.58 Å². The highest BCUT2D eigenvalue weighted by Crippen LogP contribution is 2.41. The first kappa shape index (κ1) is 17.3. The average Bonchev–Trinajstić information content (AvgIpc) is 2.63. The molecule has 2 N–H and O–H groups in total. The van der Waals surface area contributed by atoms with Crippen molar-refractivity contribution >= 4 is 11.3 Å². The van der Waals surface area contributed by atoms with E-state index in [-0.39, 0.29) is 5.54 Å². The van der Waals surface area contributed by atoms with Crippen molar-refractivity contribution in [2.75, 3.05) is 25.1 Å². The number of anilines is 1. The van der Waals surface area contributed by atoms with Crippen LogP contribution in [0, 0.1) is 0 Å². The predicted molar refractivity (Wildman–Crippen MR) is 107 cm³/mol. The number of nitrogens with zero attached hydrogens (tertiary/aromatic N) is 1. The first-order valence-corrected chi connectivity index (χ1v) is 8.60. The van der Waals surface area contributed by atoms with Gasteiger partial charge in [-0.3, -0.25) is 0 Å². The third-order valence-corrected chi connectivity index (χ3v) is 4.81. The quantitative estimate of drug-likeness (QED) is 0.819. The van der Waals surface area contributed by atoms with Gasteiger partial charge in [0, 0.05) is 29.9 Å². The van der Waals surface area contributed by atoms with Crippen LogP contribution in [-0.4, -0.2) is 25.7 Å². The molecule has 0 atom stereocenters. The van der Waals surface area contributed by atoms with Crippen LogP contribution in [0.5, 0.6) is 5.75 Å². The lowest BCUT2D eigenvalue weighted by Crippen LogP contribution is -2.45. The van der Waals surface area contributed by atoms with Crippen LogP contribution in [-0.2, 0) is 0 Å². The van der Waals surface area contributed by atoms with E-state index in [1.807, 2.05) is 24.3 Å². The summed E-state index contributed by atoms with van der Waals surface area (Å²) in [6, 6.07) is 14.7. The zero-order valence-corrected chi connectivity index (χ0v) is 15.3. The molecular weight excluding hydrogens is 308 g/mol. The number of hydrogen-bond donors (Lipinski definition) is 1. The molecule has 25 heavy (non-hydrogen) atoms. The summed E-state index contributed by atoms with van der Waals surface area (Å²) in [4.78, 5) is 2.36. The molecular formula is C22H26N2O. The summed E-state index contributed by atoms with van der Waals surface area (Å²) in [7, 11) is 1.71. The first-order valence-electron chi connectivity index (χ1n) is 8.60. The van der Waals surface area contributed by atoms with E-state index >= 15 is 0 Å². The highest BCUT2D eigenvalue weighted by molar-refractivity contribution is 5.87. The number of nitrogens with two attached hydrogens (primary N) is 1. The van der Waals surface area contributed by atoms with Crippen LogP contribution >= 0.6 is 0 Å². The Morgan fingerprint density at radius 3 is 2.60 bits per heavy atom. The van der Waals surface area contributed by atoms with Crippen molar-refractivity contribution in [1.29, 1.82) is 0 Å². The second kappa shape index (κ2) is 6.77. The Labute approximate surface area is 150 Å². The summed E-state index contributed by atoms with van der Waals surface area (Å²) < 4.78 is 5.53. The van der Waals surface area contributed by atoms with Gasteiger partial charge in [-0.1, -0.05) is 36.4 Å². The molecule has 0 amide bonds. The van der Waals surface area contributed by atoms with Gasteiger partial charge in [0.05, 0.1) is 12.6 Å². The lowest BCUT2D eigenvalue weighted by molar-refractivity contribution is 0.416. The van der Waals surface area contributed by atoms with Gasteiger partial charge in [-0.05, 0) is 43.2 Å². The molecule has 0 radical (unpaired) electrons. The molecule has 1 aliphatic rings. The summed E-state index contributed by atoms with van der Waals surface area (Å²) in [5.41, 5.74) is 11.8. The van der Waals surface area contributed by atoms with E-state index in [9.17, 15) is 0 Å². The van der Waals surface area contributed by atoms with Crippen LogP contribution in [0.2, 0.25) is 0 Å². The minimum atomic E-state index is -0.0954. The van der Waals surface area contributed by atoms with Crippen LogP contribution in [0.4, 0.5) is 5.69 Å². The second-order valence-corrected chi connectivity index (χ2v) is 6.86. The van der Waals surface area contributed by atoms with Gasteiger partial charge in [0.1, 0.15) is 5.75 Å². The number of rotatable bonds is 5. The molecule has 0 saturated heterocycles. The van der Waals surface area contributed by atoms with Gasteiger partial charge >= 0.3 is 0 Å². The van der Waals surface area contributed by atoms with Crippen molar-refractivity contribution < 1.29 is 4.74 Å². The Hall–Kier alpha value is -2.52. The molecule has 0 spiro atoms. The van der Waals surface area contributed by atoms with Crippen LogP contribution in [0.25, 0.3) is 16.7 Å². The Morgan fingerprint density at radius 1 is 1.16 bits per heavy atom. The van der Waals surface area contributed by atoms with Crippen LogP contribution in [0.3, 0.4) is 0 Å². The Bertz CT molecular complexity index is 821. The molecule has 130 valence electrons. The minimum Gasteiger partial charge on any atom is -0.496 e. The van der Waals surface area contributed by atoms with Crippen LogP contribution < -0.4 is 15.4 Å². The minimum absolute atomic E-state index is 0.0954. The van der Waals surface area contributed by atoms with E-state index in [1.165, 1.54) is 16.8 Å². The largest absolute Gasteiger partial charge is 0.496 e. The average molecular weight is 334 g/mol. The third-order valence-electron chi connectivity index (χ3n) is 4.81. The SMILES string of the molecule is C=CCN1c2ccc(-c3ccccc3OC)cc2C(CN)=CC1(C)C. The topological polar surface area (TPSA) is 38.5 Å². The standard InChI is InChI=1S/C22H26N2O/c1-5-12-24-20-11-10-16(18-8-6-7-9-21(18)25-4)13-19(20)17(15-23)14-22(24,2)3/h5-11,13-14H,1,12,15,23H2,2-4H3. The number of para-hydroxylation sites is 1. The van der Waals surface area contributed by atoms with Gasteiger partial charge in [-0.2, -0.15) is 0 Å². The highest BCUT2D eigenvalue weighted by atomic mass is 16.5. The molecule has 0 unspecified atom stereocenters.